The maximum atomic E-state index is 11.6. The Morgan fingerprint density at radius 1 is 1.27 bits per heavy atom. The summed E-state index contributed by atoms with van der Waals surface area (Å²) in [7, 11) is -3.46. The van der Waals surface area contributed by atoms with Crippen molar-refractivity contribution < 1.29 is 13.3 Å². The van der Waals surface area contributed by atoms with E-state index in [4.69, 9.17) is 0 Å². The lowest BCUT2D eigenvalue weighted by atomic mass is 10.1. The van der Waals surface area contributed by atoms with Gasteiger partial charge in [0.25, 0.3) is 5.69 Å². The quantitative estimate of drug-likeness (QED) is 0.666. The molecule has 0 aromatic heterocycles. The van der Waals surface area contributed by atoms with E-state index in [0.717, 1.165) is 38.6 Å². The van der Waals surface area contributed by atoms with Gasteiger partial charge in [-0.15, -0.1) is 0 Å². The largest absolute Gasteiger partial charge is 0.364 e. The average Bonchev–Trinajstić information content (AvgIpc) is 2.76. The molecule has 2 atom stereocenters. The SMILES string of the molecule is CS(=O)(=O)c1ccc(N2CCC3CCC(C2)N3)c([N+](=O)[O-])c1. The minimum absolute atomic E-state index is 0.0163. The predicted octanol–water partition coefficient (Wildman–Crippen LogP) is 1.33. The molecule has 8 heteroatoms. The van der Waals surface area contributed by atoms with Gasteiger partial charge in [-0.3, -0.25) is 10.1 Å². The molecule has 3 rings (SSSR count). The number of nitrogens with zero attached hydrogens (tertiary/aromatic N) is 2. The molecule has 0 saturated carbocycles. The molecule has 0 aliphatic carbocycles. The van der Waals surface area contributed by atoms with Gasteiger partial charge in [-0.2, -0.15) is 0 Å². The van der Waals surface area contributed by atoms with Crippen LogP contribution in [0.3, 0.4) is 0 Å². The summed E-state index contributed by atoms with van der Waals surface area (Å²) in [6.07, 6.45) is 4.24. The minimum atomic E-state index is -3.46. The first-order chi connectivity index (χ1) is 10.3. The molecule has 2 heterocycles. The smallest absolute Gasteiger partial charge is 0.293 e. The van der Waals surface area contributed by atoms with Crippen LogP contribution in [-0.2, 0) is 9.84 Å². The minimum Gasteiger partial charge on any atom is -0.364 e. The van der Waals surface area contributed by atoms with E-state index in [1.165, 1.54) is 12.1 Å². The van der Waals surface area contributed by atoms with Gasteiger partial charge in [-0.25, -0.2) is 8.42 Å². The number of anilines is 1. The maximum absolute atomic E-state index is 11.6. The van der Waals surface area contributed by atoms with Gasteiger partial charge in [-0.1, -0.05) is 0 Å². The molecular weight excluding hydrogens is 306 g/mol. The van der Waals surface area contributed by atoms with Crippen LogP contribution in [-0.4, -0.2) is 44.8 Å². The van der Waals surface area contributed by atoms with Crippen LogP contribution >= 0.6 is 0 Å². The molecule has 0 amide bonds. The van der Waals surface area contributed by atoms with E-state index in [1.54, 1.807) is 6.07 Å². The molecule has 1 N–H and O–H groups in total. The molecule has 2 saturated heterocycles. The molecule has 2 unspecified atom stereocenters. The molecule has 0 spiro atoms. The summed E-state index contributed by atoms with van der Waals surface area (Å²) in [6, 6.07) is 5.02. The third-order valence-corrected chi connectivity index (χ3v) is 5.55. The lowest BCUT2D eigenvalue weighted by Crippen LogP contribution is -2.35. The van der Waals surface area contributed by atoms with E-state index in [2.05, 4.69) is 5.32 Å². The van der Waals surface area contributed by atoms with Crippen molar-refractivity contribution in [2.75, 3.05) is 24.2 Å². The van der Waals surface area contributed by atoms with E-state index in [-0.39, 0.29) is 10.6 Å². The second-order valence-electron chi connectivity index (χ2n) is 6.05. The third-order valence-electron chi connectivity index (χ3n) is 4.44. The molecule has 1 aromatic rings. The van der Waals surface area contributed by atoms with Crippen molar-refractivity contribution in [3.63, 3.8) is 0 Å². The summed E-state index contributed by atoms with van der Waals surface area (Å²) in [6.45, 7) is 1.46. The summed E-state index contributed by atoms with van der Waals surface area (Å²) in [4.78, 5) is 12.8. The van der Waals surface area contributed by atoms with E-state index in [1.807, 2.05) is 4.90 Å². The Morgan fingerprint density at radius 2 is 2.00 bits per heavy atom. The normalized spacial score (nSPS) is 25.0. The Morgan fingerprint density at radius 3 is 2.68 bits per heavy atom. The van der Waals surface area contributed by atoms with E-state index < -0.39 is 14.8 Å². The second-order valence-corrected chi connectivity index (χ2v) is 8.07. The van der Waals surface area contributed by atoms with E-state index in [0.29, 0.717) is 17.8 Å². The van der Waals surface area contributed by atoms with Crippen LogP contribution in [0.4, 0.5) is 11.4 Å². The van der Waals surface area contributed by atoms with Gasteiger partial charge in [0.15, 0.2) is 9.84 Å². The Balaban J connectivity index is 1.97. The second kappa shape index (κ2) is 5.51. The lowest BCUT2D eigenvalue weighted by molar-refractivity contribution is -0.384. The highest BCUT2D eigenvalue weighted by molar-refractivity contribution is 7.90. The van der Waals surface area contributed by atoms with E-state index in [9.17, 15) is 18.5 Å². The molecular formula is C14H19N3O4S. The van der Waals surface area contributed by atoms with E-state index >= 15 is 0 Å². The Bertz CT molecular complexity index is 704. The molecule has 120 valence electrons. The number of hydrogen-bond donors (Lipinski definition) is 1. The van der Waals surface area contributed by atoms with Gasteiger partial charge in [0.05, 0.1) is 9.82 Å². The van der Waals surface area contributed by atoms with Crippen molar-refractivity contribution in [3.8, 4) is 0 Å². The van der Waals surface area contributed by atoms with Crippen LogP contribution in [0.15, 0.2) is 23.1 Å². The zero-order chi connectivity index (χ0) is 15.9. The summed E-state index contributed by atoms with van der Waals surface area (Å²) >= 11 is 0. The van der Waals surface area contributed by atoms with Crippen molar-refractivity contribution >= 4 is 21.2 Å². The topological polar surface area (TPSA) is 92.6 Å². The van der Waals surface area contributed by atoms with Crippen molar-refractivity contribution in [3.05, 3.63) is 28.3 Å². The first kappa shape index (κ1) is 15.2. The summed E-state index contributed by atoms with van der Waals surface area (Å²) in [5.74, 6) is 0. The number of nitrogens with one attached hydrogen (secondary N) is 1. The molecule has 7 nitrogen and oxygen atoms in total. The number of rotatable bonds is 3. The number of fused-ring (bicyclic) bond motifs is 2. The zero-order valence-electron chi connectivity index (χ0n) is 12.4. The Kier molecular flexibility index (Phi) is 3.82. The van der Waals surface area contributed by atoms with Gasteiger partial charge in [-0.05, 0) is 31.4 Å². The molecule has 22 heavy (non-hydrogen) atoms. The fraction of sp³-hybridized carbons (Fsp3) is 0.571. The molecule has 2 fully saturated rings. The van der Waals surface area contributed by atoms with Gasteiger partial charge in [0, 0.05) is 37.5 Å². The maximum Gasteiger partial charge on any atom is 0.293 e. The van der Waals surface area contributed by atoms with Crippen LogP contribution < -0.4 is 10.2 Å². The van der Waals surface area contributed by atoms with Crippen LogP contribution in [0, 0.1) is 10.1 Å². The molecule has 0 radical (unpaired) electrons. The number of hydrogen-bond acceptors (Lipinski definition) is 6. The fourth-order valence-corrected chi connectivity index (χ4v) is 3.95. The van der Waals surface area contributed by atoms with Gasteiger partial charge in [0.1, 0.15) is 5.69 Å². The van der Waals surface area contributed by atoms with Crippen molar-refractivity contribution in [2.45, 2.75) is 36.2 Å². The highest BCUT2D eigenvalue weighted by atomic mass is 32.2. The number of sulfone groups is 1. The van der Waals surface area contributed by atoms with Gasteiger partial charge < -0.3 is 10.2 Å². The van der Waals surface area contributed by atoms with Crippen LogP contribution in [0.25, 0.3) is 0 Å². The number of nitro groups is 1. The molecule has 2 aliphatic heterocycles. The lowest BCUT2D eigenvalue weighted by Gasteiger charge is -2.26. The summed E-state index contributed by atoms with van der Waals surface area (Å²) < 4.78 is 23.2. The Hall–Kier alpha value is -1.67. The standard InChI is InChI=1S/C14H19N3O4S/c1-22(20,21)12-4-5-13(14(8-12)17(18)19)16-7-6-10-2-3-11(9-16)15-10/h4-5,8,10-11,15H,2-3,6-7,9H2,1H3. The highest BCUT2D eigenvalue weighted by Gasteiger charge is 2.32. The van der Waals surface area contributed by atoms with Crippen LogP contribution in [0.1, 0.15) is 19.3 Å². The van der Waals surface area contributed by atoms with Crippen LogP contribution in [0.5, 0.6) is 0 Å². The predicted molar refractivity (Wildman–Crippen MR) is 83.0 cm³/mol. The van der Waals surface area contributed by atoms with Crippen molar-refractivity contribution in [2.24, 2.45) is 0 Å². The van der Waals surface area contributed by atoms with Crippen molar-refractivity contribution in [1.29, 1.82) is 0 Å². The first-order valence-electron chi connectivity index (χ1n) is 7.34. The molecule has 1 aromatic carbocycles. The third kappa shape index (κ3) is 2.93. The monoisotopic (exact) mass is 325 g/mol. The highest BCUT2D eigenvalue weighted by Crippen LogP contribution is 2.33. The van der Waals surface area contributed by atoms with Crippen LogP contribution in [0.2, 0.25) is 0 Å². The van der Waals surface area contributed by atoms with Gasteiger partial charge >= 0.3 is 0 Å². The first-order valence-corrected chi connectivity index (χ1v) is 9.23. The fourth-order valence-electron chi connectivity index (χ4n) is 3.31. The van der Waals surface area contributed by atoms with Gasteiger partial charge in [0.2, 0.25) is 0 Å². The number of benzene rings is 1. The number of nitro benzene ring substituents is 1. The summed E-state index contributed by atoms with van der Waals surface area (Å²) in [5, 5.41) is 14.9. The van der Waals surface area contributed by atoms with Crippen molar-refractivity contribution in [1.82, 2.24) is 5.32 Å². The molecule has 2 aliphatic rings. The molecule has 2 bridgehead atoms. The zero-order valence-corrected chi connectivity index (χ0v) is 13.2. The Labute approximate surface area is 129 Å². The summed E-state index contributed by atoms with van der Waals surface area (Å²) in [5.41, 5.74) is 0.368. The average molecular weight is 325 g/mol.